The molecule has 172 valence electrons. The molecule has 1 aliphatic rings. The summed E-state index contributed by atoms with van der Waals surface area (Å²) in [5.74, 6) is 0.437. The van der Waals surface area contributed by atoms with Crippen molar-refractivity contribution in [1.82, 2.24) is 4.98 Å². The van der Waals surface area contributed by atoms with Crippen molar-refractivity contribution in [3.63, 3.8) is 0 Å². The number of benzene rings is 2. The van der Waals surface area contributed by atoms with E-state index in [1.165, 1.54) is 12.1 Å². The molecule has 2 aromatic carbocycles. The maximum Gasteiger partial charge on any atom is 0.416 e. The molecule has 1 aromatic heterocycles. The van der Waals surface area contributed by atoms with Gasteiger partial charge in [-0.15, -0.1) is 0 Å². The minimum Gasteiger partial charge on any atom is -0.493 e. The fourth-order valence-corrected chi connectivity index (χ4v) is 4.99. The van der Waals surface area contributed by atoms with E-state index in [2.05, 4.69) is 9.71 Å². The van der Waals surface area contributed by atoms with Crippen LogP contribution in [0, 0.1) is 0 Å². The van der Waals surface area contributed by atoms with Gasteiger partial charge in [0.1, 0.15) is 5.75 Å². The lowest BCUT2D eigenvalue weighted by molar-refractivity contribution is -0.137. The molecule has 10 heteroatoms. The van der Waals surface area contributed by atoms with Gasteiger partial charge < -0.3 is 14.5 Å². The van der Waals surface area contributed by atoms with Crippen LogP contribution < -0.4 is 9.46 Å². The van der Waals surface area contributed by atoms with Crippen LogP contribution in [0.3, 0.4) is 0 Å². The van der Waals surface area contributed by atoms with Crippen LogP contribution in [0.2, 0.25) is 0 Å². The number of nitrogens with one attached hydrogen (secondary N) is 2. The molecule has 2 N–H and O–H groups in total. The summed E-state index contributed by atoms with van der Waals surface area (Å²) in [5.41, 5.74) is 1.21. The van der Waals surface area contributed by atoms with E-state index in [-0.39, 0.29) is 18.5 Å². The predicted molar refractivity (Wildman–Crippen MR) is 115 cm³/mol. The van der Waals surface area contributed by atoms with Crippen LogP contribution in [0.15, 0.2) is 48.7 Å². The van der Waals surface area contributed by atoms with Crippen LogP contribution in [-0.4, -0.2) is 38.5 Å². The molecule has 4 rings (SSSR count). The monoisotopic (exact) mass is 468 g/mol. The quantitative estimate of drug-likeness (QED) is 0.501. The Kier molecular flexibility index (Phi) is 6.34. The lowest BCUT2D eigenvalue weighted by atomic mass is 10.1. The molecule has 32 heavy (non-hydrogen) atoms. The van der Waals surface area contributed by atoms with Gasteiger partial charge in [0.2, 0.25) is 10.0 Å². The first-order valence-electron chi connectivity index (χ1n) is 10.2. The van der Waals surface area contributed by atoms with Gasteiger partial charge in [-0.1, -0.05) is 12.1 Å². The summed E-state index contributed by atoms with van der Waals surface area (Å²) in [6.45, 7) is 0.849. The first-order valence-corrected chi connectivity index (χ1v) is 11.9. The van der Waals surface area contributed by atoms with E-state index in [1.54, 1.807) is 24.4 Å². The minimum atomic E-state index is -4.36. The number of hydrogen-bond donors (Lipinski definition) is 2. The largest absolute Gasteiger partial charge is 0.493 e. The van der Waals surface area contributed by atoms with Gasteiger partial charge in [-0.05, 0) is 48.7 Å². The molecule has 0 amide bonds. The lowest BCUT2D eigenvalue weighted by Gasteiger charge is -2.12. The third kappa shape index (κ3) is 5.55. The number of aromatic amines is 1. The maximum atomic E-state index is 12.7. The van der Waals surface area contributed by atoms with E-state index < -0.39 is 21.8 Å². The number of alkyl halides is 3. The number of rotatable bonds is 8. The highest BCUT2D eigenvalue weighted by Gasteiger charge is 2.30. The van der Waals surface area contributed by atoms with Gasteiger partial charge in [0.05, 0.1) is 29.7 Å². The molecule has 0 saturated carbocycles. The van der Waals surface area contributed by atoms with Crippen LogP contribution in [0.4, 0.5) is 18.9 Å². The highest BCUT2D eigenvalue weighted by atomic mass is 32.2. The number of hydrogen-bond acceptors (Lipinski definition) is 4. The third-order valence-corrected chi connectivity index (χ3v) is 6.63. The standard InChI is InChI=1S/C22H23F3N2O4S/c23-22(24,25)16-5-3-15(4-6-16)9-11-31-17-7-8-20-19(12-17)21(13-26-20)27-32(28,29)14-18-2-1-10-30-18/h3-8,12-13,18,26-27H,1-2,9-11,14H2. The predicted octanol–water partition coefficient (Wildman–Crippen LogP) is 4.73. The van der Waals surface area contributed by atoms with Crippen molar-refractivity contribution in [3.8, 4) is 5.75 Å². The van der Waals surface area contributed by atoms with Gasteiger partial charge in [-0.25, -0.2) is 8.42 Å². The van der Waals surface area contributed by atoms with Crippen LogP contribution in [0.5, 0.6) is 5.75 Å². The van der Waals surface area contributed by atoms with Crippen molar-refractivity contribution >= 4 is 26.6 Å². The molecular formula is C22H23F3N2O4S. The Labute approximate surface area is 183 Å². The number of H-pyrrole nitrogens is 1. The van der Waals surface area contributed by atoms with Gasteiger partial charge in [0.15, 0.2) is 0 Å². The van der Waals surface area contributed by atoms with E-state index >= 15 is 0 Å². The third-order valence-electron chi connectivity index (χ3n) is 5.29. The second-order valence-corrected chi connectivity index (χ2v) is 9.49. The Morgan fingerprint density at radius 2 is 1.94 bits per heavy atom. The molecule has 1 atom stereocenters. The number of ether oxygens (including phenoxy) is 2. The average molecular weight is 468 g/mol. The Morgan fingerprint density at radius 1 is 1.16 bits per heavy atom. The number of anilines is 1. The van der Waals surface area contributed by atoms with Gasteiger partial charge in [0.25, 0.3) is 0 Å². The molecular weight excluding hydrogens is 445 g/mol. The molecule has 0 bridgehead atoms. The van der Waals surface area contributed by atoms with Crippen molar-refractivity contribution in [1.29, 1.82) is 0 Å². The summed E-state index contributed by atoms with van der Waals surface area (Å²) in [4.78, 5) is 3.03. The number of fused-ring (bicyclic) bond motifs is 1. The number of sulfonamides is 1. The Bertz CT molecular complexity index is 1170. The highest BCUT2D eigenvalue weighted by molar-refractivity contribution is 7.92. The number of halogens is 3. The smallest absolute Gasteiger partial charge is 0.416 e. The summed E-state index contributed by atoms with van der Waals surface area (Å²) in [6, 6.07) is 10.2. The van der Waals surface area contributed by atoms with Crippen LogP contribution in [0.25, 0.3) is 10.9 Å². The zero-order valence-corrected chi connectivity index (χ0v) is 17.9. The Balaban J connectivity index is 1.39. The van der Waals surface area contributed by atoms with Crippen LogP contribution >= 0.6 is 0 Å². The van der Waals surface area contributed by atoms with Gasteiger partial charge in [0, 0.05) is 30.1 Å². The summed E-state index contributed by atoms with van der Waals surface area (Å²) in [6.07, 6.45) is -1.04. The molecule has 2 heterocycles. The second kappa shape index (κ2) is 9.03. The van der Waals surface area contributed by atoms with Gasteiger partial charge in [-0.2, -0.15) is 13.2 Å². The summed E-state index contributed by atoms with van der Waals surface area (Å²) in [7, 11) is -3.58. The van der Waals surface area contributed by atoms with Crippen molar-refractivity contribution in [2.45, 2.75) is 31.5 Å². The van der Waals surface area contributed by atoms with Gasteiger partial charge >= 0.3 is 6.18 Å². The van der Waals surface area contributed by atoms with E-state index in [4.69, 9.17) is 9.47 Å². The zero-order valence-electron chi connectivity index (χ0n) is 17.1. The zero-order chi connectivity index (χ0) is 22.8. The molecule has 1 saturated heterocycles. The highest BCUT2D eigenvalue weighted by Crippen LogP contribution is 2.30. The summed E-state index contributed by atoms with van der Waals surface area (Å²) < 4.78 is 76.7. The number of aromatic nitrogens is 1. The van der Waals surface area contributed by atoms with Crippen molar-refractivity contribution < 1.29 is 31.1 Å². The van der Waals surface area contributed by atoms with Crippen LogP contribution in [0.1, 0.15) is 24.0 Å². The van der Waals surface area contributed by atoms with Crippen LogP contribution in [-0.2, 0) is 27.4 Å². The normalized spacial score (nSPS) is 17.0. The Hall–Kier alpha value is -2.72. The molecule has 1 aliphatic heterocycles. The maximum absolute atomic E-state index is 12.7. The summed E-state index contributed by atoms with van der Waals surface area (Å²) in [5, 5.41) is 0.660. The van der Waals surface area contributed by atoms with Crippen molar-refractivity contribution in [2.24, 2.45) is 0 Å². The first kappa shape index (κ1) is 22.5. The molecule has 6 nitrogen and oxygen atoms in total. The van der Waals surface area contributed by atoms with Crippen molar-refractivity contribution in [3.05, 3.63) is 59.8 Å². The van der Waals surface area contributed by atoms with E-state index in [9.17, 15) is 21.6 Å². The molecule has 0 aliphatic carbocycles. The SMILES string of the molecule is O=S(=O)(CC1CCCO1)Nc1c[nH]c2ccc(OCCc3ccc(C(F)(F)F)cc3)cc12. The molecule has 0 spiro atoms. The fourth-order valence-electron chi connectivity index (χ4n) is 3.65. The minimum absolute atomic E-state index is 0.0943. The lowest BCUT2D eigenvalue weighted by Crippen LogP contribution is -2.25. The molecule has 3 aromatic rings. The molecule has 1 unspecified atom stereocenters. The second-order valence-electron chi connectivity index (χ2n) is 7.72. The molecule has 1 fully saturated rings. The average Bonchev–Trinajstić information content (AvgIpc) is 3.37. The topological polar surface area (TPSA) is 80.4 Å². The Morgan fingerprint density at radius 3 is 2.62 bits per heavy atom. The fraction of sp³-hybridized carbons (Fsp3) is 0.364. The molecule has 0 radical (unpaired) electrons. The van der Waals surface area contributed by atoms with Gasteiger partial charge in [-0.3, -0.25) is 4.72 Å². The van der Waals surface area contributed by atoms with E-state index in [1.807, 2.05) is 0 Å². The van der Waals surface area contributed by atoms with E-state index in [0.717, 1.165) is 36.1 Å². The van der Waals surface area contributed by atoms with Crippen molar-refractivity contribution in [2.75, 3.05) is 23.7 Å². The first-order chi connectivity index (χ1) is 15.2. The summed E-state index contributed by atoms with van der Waals surface area (Å²) >= 11 is 0. The van der Waals surface area contributed by atoms with E-state index in [0.29, 0.717) is 29.9 Å².